The molecule has 0 bridgehead atoms. The Hall–Kier alpha value is -3.23. The smallest absolute Gasteiger partial charge is 0.352 e. The molecule has 28 heavy (non-hydrogen) atoms. The molecular weight excluding hydrogens is 383 g/mol. The quantitative estimate of drug-likeness (QED) is 0.661. The van der Waals surface area contributed by atoms with Gasteiger partial charge in [-0.05, 0) is 12.1 Å². The van der Waals surface area contributed by atoms with Gasteiger partial charge in [0.15, 0.2) is 0 Å². The first kappa shape index (κ1) is 19.5. The number of aromatic nitrogens is 1. The number of hydrogen-bond acceptors (Lipinski definition) is 2. The van der Waals surface area contributed by atoms with Gasteiger partial charge in [-0.3, -0.25) is 9.59 Å². The number of alkyl halides is 3. The van der Waals surface area contributed by atoms with Crippen molar-refractivity contribution >= 4 is 16.8 Å². The average molecular weight is 396 g/mol. The predicted molar refractivity (Wildman–Crippen MR) is 91.5 cm³/mol. The standard InChI is InChI=1S/C19H13F5N2O2/c20-11-6-5-10(14(21)7-11)9-25-16(27)8-13-17(19(22,23)24)12-3-1-2-4-15(12)26-18(13)28/h1-7H,8-9H2,(H,25,27)(H,26,28). The largest absolute Gasteiger partial charge is 0.417 e. The number of aromatic amines is 1. The monoisotopic (exact) mass is 396 g/mol. The van der Waals surface area contributed by atoms with Crippen LogP contribution in [0.2, 0.25) is 0 Å². The van der Waals surface area contributed by atoms with Crippen molar-refractivity contribution in [2.45, 2.75) is 19.1 Å². The summed E-state index contributed by atoms with van der Waals surface area (Å²) >= 11 is 0. The van der Waals surface area contributed by atoms with E-state index >= 15 is 0 Å². The van der Waals surface area contributed by atoms with Gasteiger partial charge in [-0.25, -0.2) is 8.78 Å². The summed E-state index contributed by atoms with van der Waals surface area (Å²) in [6, 6.07) is 8.10. The highest BCUT2D eigenvalue weighted by atomic mass is 19.4. The molecule has 0 saturated carbocycles. The van der Waals surface area contributed by atoms with Crippen LogP contribution in [-0.4, -0.2) is 10.9 Å². The molecule has 2 aromatic carbocycles. The highest BCUT2D eigenvalue weighted by Gasteiger charge is 2.37. The van der Waals surface area contributed by atoms with Crippen LogP contribution in [0.4, 0.5) is 22.0 Å². The van der Waals surface area contributed by atoms with Crippen molar-refractivity contribution < 1.29 is 26.7 Å². The molecule has 2 N–H and O–H groups in total. The molecule has 1 amide bonds. The van der Waals surface area contributed by atoms with E-state index in [9.17, 15) is 31.5 Å². The number of carbonyl (C=O) groups excluding carboxylic acids is 1. The molecular formula is C19H13F5N2O2. The first-order chi connectivity index (χ1) is 13.2. The number of amides is 1. The van der Waals surface area contributed by atoms with E-state index < -0.39 is 46.8 Å². The molecule has 0 spiro atoms. The average Bonchev–Trinajstić information content (AvgIpc) is 2.60. The van der Waals surface area contributed by atoms with Gasteiger partial charge in [0.1, 0.15) is 11.6 Å². The van der Waals surface area contributed by atoms with Crippen LogP contribution >= 0.6 is 0 Å². The Morgan fingerprint density at radius 2 is 1.79 bits per heavy atom. The minimum Gasteiger partial charge on any atom is -0.352 e. The molecule has 9 heteroatoms. The topological polar surface area (TPSA) is 62.0 Å². The van der Waals surface area contributed by atoms with Crippen molar-refractivity contribution in [3.8, 4) is 0 Å². The molecule has 3 rings (SSSR count). The minimum atomic E-state index is -4.85. The fourth-order valence-electron chi connectivity index (χ4n) is 2.86. The van der Waals surface area contributed by atoms with E-state index in [2.05, 4.69) is 10.3 Å². The van der Waals surface area contributed by atoms with E-state index in [1.165, 1.54) is 24.3 Å². The van der Waals surface area contributed by atoms with Crippen LogP contribution < -0.4 is 10.9 Å². The van der Waals surface area contributed by atoms with E-state index in [1.807, 2.05) is 0 Å². The van der Waals surface area contributed by atoms with Crippen LogP contribution in [0, 0.1) is 11.6 Å². The zero-order valence-electron chi connectivity index (χ0n) is 14.2. The summed E-state index contributed by atoms with van der Waals surface area (Å²) in [6.45, 7) is -0.363. The number of carbonyl (C=O) groups is 1. The Balaban J connectivity index is 1.90. The number of fused-ring (bicyclic) bond motifs is 1. The summed E-state index contributed by atoms with van der Waals surface area (Å²) in [5, 5.41) is 2.01. The van der Waals surface area contributed by atoms with Crippen LogP contribution in [0.5, 0.6) is 0 Å². The van der Waals surface area contributed by atoms with Gasteiger partial charge in [0, 0.05) is 34.6 Å². The SMILES string of the molecule is O=C(Cc1c(C(F)(F)F)c2ccccc2[nH]c1=O)NCc1ccc(F)cc1F. The third kappa shape index (κ3) is 4.03. The summed E-state index contributed by atoms with van der Waals surface area (Å²) in [5.41, 5.74) is -3.00. The normalized spacial score (nSPS) is 11.6. The van der Waals surface area contributed by atoms with Crippen molar-refractivity contribution in [3.63, 3.8) is 0 Å². The van der Waals surface area contributed by atoms with E-state index in [0.29, 0.717) is 6.07 Å². The van der Waals surface area contributed by atoms with Crippen molar-refractivity contribution in [1.82, 2.24) is 10.3 Å². The lowest BCUT2D eigenvalue weighted by Crippen LogP contribution is -2.30. The molecule has 0 unspecified atom stereocenters. The van der Waals surface area contributed by atoms with Crippen LogP contribution in [0.1, 0.15) is 16.7 Å². The lowest BCUT2D eigenvalue weighted by atomic mass is 10.00. The van der Waals surface area contributed by atoms with Gasteiger partial charge in [-0.2, -0.15) is 13.2 Å². The first-order valence-corrected chi connectivity index (χ1v) is 8.08. The predicted octanol–water partition coefficient (Wildman–Crippen LogP) is 3.68. The Labute approximate surface area is 155 Å². The van der Waals surface area contributed by atoms with E-state index in [-0.39, 0.29) is 23.0 Å². The fraction of sp³-hybridized carbons (Fsp3) is 0.158. The Kier molecular flexibility index (Phi) is 5.17. The molecule has 146 valence electrons. The summed E-state index contributed by atoms with van der Waals surface area (Å²) in [4.78, 5) is 26.6. The molecule has 0 aliphatic heterocycles. The molecule has 1 aromatic heterocycles. The maximum Gasteiger partial charge on any atom is 0.417 e. The van der Waals surface area contributed by atoms with Gasteiger partial charge in [0.2, 0.25) is 5.91 Å². The summed E-state index contributed by atoms with van der Waals surface area (Å²) in [5.74, 6) is -2.61. The number of rotatable bonds is 4. The van der Waals surface area contributed by atoms with Gasteiger partial charge >= 0.3 is 6.18 Å². The molecule has 1 heterocycles. The molecule has 3 aromatic rings. The van der Waals surface area contributed by atoms with Gasteiger partial charge in [-0.15, -0.1) is 0 Å². The Morgan fingerprint density at radius 3 is 2.46 bits per heavy atom. The van der Waals surface area contributed by atoms with E-state index in [1.54, 1.807) is 0 Å². The second-order valence-corrected chi connectivity index (χ2v) is 6.04. The number of pyridine rings is 1. The number of nitrogens with one attached hydrogen (secondary N) is 2. The van der Waals surface area contributed by atoms with Crippen molar-refractivity contribution in [3.05, 3.63) is 81.1 Å². The molecule has 0 fully saturated rings. The first-order valence-electron chi connectivity index (χ1n) is 8.08. The number of H-pyrrole nitrogens is 1. The highest BCUT2D eigenvalue weighted by molar-refractivity contribution is 5.86. The number of para-hydroxylation sites is 1. The highest BCUT2D eigenvalue weighted by Crippen LogP contribution is 2.35. The van der Waals surface area contributed by atoms with Gasteiger partial charge in [0.05, 0.1) is 12.0 Å². The summed E-state index contributed by atoms with van der Waals surface area (Å²) in [7, 11) is 0. The summed E-state index contributed by atoms with van der Waals surface area (Å²) < 4.78 is 67.2. The van der Waals surface area contributed by atoms with Crippen LogP contribution in [0.25, 0.3) is 10.9 Å². The van der Waals surface area contributed by atoms with Crippen LogP contribution in [-0.2, 0) is 23.9 Å². The van der Waals surface area contributed by atoms with Crippen molar-refractivity contribution in [2.75, 3.05) is 0 Å². The summed E-state index contributed by atoms with van der Waals surface area (Å²) in [6.07, 6.45) is -5.70. The molecule has 0 aliphatic carbocycles. The third-order valence-electron chi connectivity index (χ3n) is 4.13. The van der Waals surface area contributed by atoms with E-state index in [0.717, 1.165) is 12.1 Å². The molecule has 0 atom stereocenters. The van der Waals surface area contributed by atoms with Crippen molar-refractivity contribution in [1.29, 1.82) is 0 Å². The zero-order valence-corrected chi connectivity index (χ0v) is 14.2. The molecule has 0 aliphatic rings. The maximum atomic E-state index is 13.6. The van der Waals surface area contributed by atoms with Crippen molar-refractivity contribution in [2.24, 2.45) is 0 Å². The molecule has 4 nitrogen and oxygen atoms in total. The van der Waals surface area contributed by atoms with E-state index in [4.69, 9.17) is 0 Å². The molecule has 0 saturated heterocycles. The van der Waals surface area contributed by atoms with Crippen LogP contribution in [0.3, 0.4) is 0 Å². The third-order valence-corrected chi connectivity index (χ3v) is 4.13. The van der Waals surface area contributed by atoms with Gasteiger partial charge in [0.25, 0.3) is 5.56 Å². The Morgan fingerprint density at radius 1 is 1.07 bits per heavy atom. The number of halogens is 5. The molecule has 0 radical (unpaired) electrons. The van der Waals surface area contributed by atoms with Crippen LogP contribution in [0.15, 0.2) is 47.3 Å². The zero-order chi connectivity index (χ0) is 20.5. The lowest BCUT2D eigenvalue weighted by molar-refractivity contribution is -0.137. The van der Waals surface area contributed by atoms with Gasteiger partial charge < -0.3 is 10.3 Å². The number of hydrogen-bond donors (Lipinski definition) is 2. The second kappa shape index (κ2) is 7.41. The number of benzene rings is 2. The lowest BCUT2D eigenvalue weighted by Gasteiger charge is -2.15. The maximum absolute atomic E-state index is 13.6. The fourth-order valence-corrected chi connectivity index (χ4v) is 2.86. The van der Waals surface area contributed by atoms with Gasteiger partial charge in [-0.1, -0.05) is 24.3 Å². The second-order valence-electron chi connectivity index (χ2n) is 6.04. The Bertz CT molecular complexity index is 1110. The minimum absolute atomic E-state index is 0.00244.